The van der Waals surface area contributed by atoms with Crippen LogP contribution in [0.1, 0.15) is 27.7 Å². The highest BCUT2D eigenvalue weighted by Crippen LogP contribution is 2.11. The quantitative estimate of drug-likeness (QED) is 0.776. The van der Waals surface area contributed by atoms with Crippen LogP contribution in [-0.2, 0) is 4.79 Å². The van der Waals surface area contributed by atoms with Crippen molar-refractivity contribution in [3.63, 3.8) is 0 Å². The minimum absolute atomic E-state index is 0.00694. The third kappa shape index (κ3) is 5.11. The molecule has 0 saturated heterocycles. The average Bonchev–Trinajstić information content (AvgIpc) is 2.36. The number of nitrogens with zero attached hydrogens (tertiary/aromatic N) is 3. The Morgan fingerprint density at radius 2 is 2.11 bits per heavy atom. The van der Waals surface area contributed by atoms with Gasteiger partial charge in [-0.05, 0) is 27.7 Å². The SMILES string of the molecule is CCNc1cncc(N(CC)CC(=O)NC(C)C)n1. The highest BCUT2D eigenvalue weighted by molar-refractivity contribution is 5.81. The van der Waals surface area contributed by atoms with E-state index in [1.165, 1.54) is 0 Å². The second-order valence-corrected chi connectivity index (χ2v) is 4.53. The Bertz CT molecular complexity index is 408. The fourth-order valence-corrected chi connectivity index (χ4v) is 1.67. The van der Waals surface area contributed by atoms with Gasteiger partial charge in [-0.2, -0.15) is 0 Å². The van der Waals surface area contributed by atoms with Crippen LogP contribution in [0.15, 0.2) is 12.4 Å². The number of aromatic nitrogens is 2. The summed E-state index contributed by atoms with van der Waals surface area (Å²) in [6.45, 7) is 9.67. The van der Waals surface area contributed by atoms with E-state index in [9.17, 15) is 4.79 Å². The first-order valence-corrected chi connectivity index (χ1v) is 6.67. The molecule has 0 atom stereocenters. The van der Waals surface area contributed by atoms with Crippen molar-refractivity contribution in [1.29, 1.82) is 0 Å². The first-order valence-electron chi connectivity index (χ1n) is 6.67. The van der Waals surface area contributed by atoms with Crippen molar-refractivity contribution in [2.24, 2.45) is 0 Å². The third-order valence-electron chi connectivity index (χ3n) is 2.47. The van der Waals surface area contributed by atoms with Gasteiger partial charge in [0.1, 0.15) is 11.6 Å². The maximum Gasteiger partial charge on any atom is 0.239 e. The summed E-state index contributed by atoms with van der Waals surface area (Å²) in [5.74, 6) is 1.43. The molecule has 106 valence electrons. The first-order chi connectivity index (χ1) is 9.06. The molecule has 0 aromatic carbocycles. The maximum atomic E-state index is 11.8. The molecule has 19 heavy (non-hydrogen) atoms. The van der Waals surface area contributed by atoms with Gasteiger partial charge in [0.2, 0.25) is 5.91 Å². The lowest BCUT2D eigenvalue weighted by Gasteiger charge is -2.22. The van der Waals surface area contributed by atoms with Crippen molar-refractivity contribution < 1.29 is 4.79 Å². The zero-order valence-electron chi connectivity index (χ0n) is 12.1. The van der Waals surface area contributed by atoms with Crippen LogP contribution in [0.25, 0.3) is 0 Å². The summed E-state index contributed by atoms with van der Waals surface area (Å²) < 4.78 is 0. The number of rotatable bonds is 7. The standard InChI is InChI=1S/C13H23N5O/c1-5-15-11-7-14-8-12(17-11)18(6-2)9-13(19)16-10(3)4/h7-8,10H,5-6,9H2,1-4H3,(H,15,17)(H,16,19). The number of carbonyl (C=O) groups is 1. The molecule has 1 heterocycles. The van der Waals surface area contributed by atoms with Crippen molar-refractivity contribution in [1.82, 2.24) is 15.3 Å². The smallest absolute Gasteiger partial charge is 0.239 e. The number of amides is 1. The molecule has 0 saturated carbocycles. The molecule has 1 rings (SSSR count). The molecular weight excluding hydrogens is 242 g/mol. The molecule has 1 amide bonds. The van der Waals surface area contributed by atoms with Crippen molar-refractivity contribution >= 4 is 17.5 Å². The molecule has 0 bridgehead atoms. The molecule has 0 fully saturated rings. The number of nitrogens with one attached hydrogen (secondary N) is 2. The van der Waals surface area contributed by atoms with Crippen molar-refractivity contribution in [2.75, 3.05) is 29.9 Å². The van der Waals surface area contributed by atoms with Crippen molar-refractivity contribution in [3.05, 3.63) is 12.4 Å². The van der Waals surface area contributed by atoms with Crippen LogP contribution in [0.2, 0.25) is 0 Å². The molecule has 2 N–H and O–H groups in total. The minimum Gasteiger partial charge on any atom is -0.369 e. The normalized spacial score (nSPS) is 10.4. The van der Waals surface area contributed by atoms with Crippen molar-refractivity contribution in [3.8, 4) is 0 Å². The lowest BCUT2D eigenvalue weighted by atomic mass is 10.3. The predicted molar refractivity (Wildman–Crippen MR) is 77.4 cm³/mol. The van der Waals surface area contributed by atoms with Crippen LogP contribution in [0.5, 0.6) is 0 Å². The molecular formula is C13H23N5O. The van der Waals surface area contributed by atoms with E-state index in [-0.39, 0.29) is 11.9 Å². The van der Waals surface area contributed by atoms with E-state index in [2.05, 4.69) is 20.6 Å². The van der Waals surface area contributed by atoms with Gasteiger partial charge in [-0.15, -0.1) is 0 Å². The molecule has 0 unspecified atom stereocenters. The molecule has 0 aliphatic heterocycles. The lowest BCUT2D eigenvalue weighted by molar-refractivity contribution is -0.120. The van der Waals surface area contributed by atoms with Gasteiger partial charge >= 0.3 is 0 Å². The Morgan fingerprint density at radius 1 is 1.37 bits per heavy atom. The zero-order valence-corrected chi connectivity index (χ0v) is 12.1. The molecule has 6 nitrogen and oxygen atoms in total. The molecule has 1 aromatic heterocycles. The number of hydrogen-bond donors (Lipinski definition) is 2. The highest BCUT2D eigenvalue weighted by atomic mass is 16.2. The van der Waals surface area contributed by atoms with Crippen LogP contribution in [0.3, 0.4) is 0 Å². The van der Waals surface area contributed by atoms with E-state index >= 15 is 0 Å². The second kappa shape index (κ2) is 7.56. The number of anilines is 2. The topological polar surface area (TPSA) is 70.2 Å². The molecule has 6 heteroatoms. The van der Waals surface area contributed by atoms with Crippen LogP contribution in [-0.4, -0.2) is 41.6 Å². The number of likely N-dealkylation sites (N-methyl/N-ethyl adjacent to an activating group) is 1. The lowest BCUT2D eigenvalue weighted by Crippen LogP contribution is -2.40. The summed E-state index contributed by atoms with van der Waals surface area (Å²) >= 11 is 0. The molecule has 0 radical (unpaired) electrons. The predicted octanol–water partition coefficient (Wildman–Crippen LogP) is 1.26. The molecule has 1 aromatic rings. The van der Waals surface area contributed by atoms with E-state index in [4.69, 9.17) is 0 Å². The van der Waals surface area contributed by atoms with E-state index in [1.807, 2.05) is 32.6 Å². The first kappa shape index (κ1) is 15.2. The van der Waals surface area contributed by atoms with Gasteiger partial charge < -0.3 is 15.5 Å². The molecule has 0 aliphatic rings. The second-order valence-electron chi connectivity index (χ2n) is 4.53. The summed E-state index contributed by atoms with van der Waals surface area (Å²) in [7, 11) is 0. The Balaban J connectivity index is 2.73. The fraction of sp³-hybridized carbons (Fsp3) is 0.615. The van der Waals surface area contributed by atoms with Gasteiger partial charge in [0.05, 0.1) is 18.9 Å². The van der Waals surface area contributed by atoms with E-state index in [1.54, 1.807) is 12.4 Å². The van der Waals surface area contributed by atoms with Gasteiger partial charge in [-0.3, -0.25) is 9.78 Å². The van der Waals surface area contributed by atoms with Gasteiger partial charge in [0.25, 0.3) is 0 Å². The van der Waals surface area contributed by atoms with Gasteiger partial charge in [0, 0.05) is 19.1 Å². The van der Waals surface area contributed by atoms with Crippen LogP contribution < -0.4 is 15.5 Å². The fourth-order valence-electron chi connectivity index (χ4n) is 1.67. The van der Waals surface area contributed by atoms with E-state index in [0.717, 1.165) is 12.4 Å². The van der Waals surface area contributed by atoms with Gasteiger partial charge in [0.15, 0.2) is 0 Å². The highest BCUT2D eigenvalue weighted by Gasteiger charge is 2.12. The third-order valence-corrected chi connectivity index (χ3v) is 2.47. The summed E-state index contributed by atoms with van der Waals surface area (Å²) in [4.78, 5) is 22.3. The minimum atomic E-state index is -0.00694. The number of hydrogen-bond acceptors (Lipinski definition) is 5. The summed E-state index contributed by atoms with van der Waals surface area (Å²) in [5.41, 5.74) is 0. The average molecular weight is 265 g/mol. The van der Waals surface area contributed by atoms with E-state index in [0.29, 0.717) is 18.9 Å². The van der Waals surface area contributed by atoms with Crippen molar-refractivity contribution in [2.45, 2.75) is 33.7 Å². The molecule has 0 aliphatic carbocycles. The van der Waals surface area contributed by atoms with Gasteiger partial charge in [-0.1, -0.05) is 0 Å². The summed E-state index contributed by atoms with van der Waals surface area (Å²) in [6.07, 6.45) is 3.35. The van der Waals surface area contributed by atoms with Crippen LogP contribution >= 0.6 is 0 Å². The Morgan fingerprint density at radius 3 is 2.68 bits per heavy atom. The van der Waals surface area contributed by atoms with Crippen LogP contribution in [0, 0.1) is 0 Å². The zero-order chi connectivity index (χ0) is 14.3. The summed E-state index contributed by atoms with van der Waals surface area (Å²) in [5, 5.41) is 5.98. The Kier molecular flexibility index (Phi) is 6.05. The molecule has 0 spiro atoms. The largest absolute Gasteiger partial charge is 0.369 e. The van der Waals surface area contributed by atoms with E-state index < -0.39 is 0 Å². The Labute approximate surface area is 114 Å². The monoisotopic (exact) mass is 265 g/mol. The van der Waals surface area contributed by atoms with Gasteiger partial charge in [-0.25, -0.2) is 4.98 Å². The number of carbonyl (C=O) groups excluding carboxylic acids is 1. The van der Waals surface area contributed by atoms with Crippen LogP contribution in [0.4, 0.5) is 11.6 Å². The Hall–Kier alpha value is -1.85. The summed E-state index contributed by atoms with van der Waals surface area (Å²) in [6, 6.07) is 0.144. The maximum absolute atomic E-state index is 11.8.